The predicted molar refractivity (Wildman–Crippen MR) is 42.8 cm³/mol. The van der Waals surface area contributed by atoms with Gasteiger partial charge in [0.25, 0.3) is 0 Å². The first-order valence-corrected chi connectivity index (χ1v) is 3.90. The number of hydrogen-bond acceptors (Lipinski definition) is 1. The Kier molecular flexibility index (Phi) is 1.86. The summed E-state index contributed by atoms with van der Waals surface area (Å²) in [5, 5.41) is 9.46. The molecule has 0 spiro atoms. The lowest BCUT2D eigenvalue weighted by molar-refractivity contribution is 0.188. The fourth-order valence-corrected chi connectivity index (χ4v) is 1.49. The fourth-order valence-electron chi connectivity index (χ4n) is 1.49. The average Bonchev–Trinajstić information content (AvgIpc) is 2.11. The molecule has 0 fully saturated rings. The van der Waals surface area contributed by atoms with E-state index >= 15 is 0 Å². The second-order valence-corrected chi connectivity index (χ2v) is 4.00. The standard InChI is InChI=1S/C9H16O/c1-9(2,3)7-5-4-6-8(7)10/h5,8,10H,4,6H2,1-3H3. The Morgan fingerprint density at radius 1 is 1.50 bits per heavy atom. The molecule has 0 aromatic heterocycles. The van der Waals surface area contributed by atoms with Gasteiger partial charge in [-0.15, -0.1) is 0 Å². The van der Waals surface area contributed by atoms with E-state index in [1.165, 1.54) is 5.57 Å². The van der Waals surface area contributed by atoms with E-state index in [1.54, 1.807) is 0 Å². The summed E-state index contributed by atoms with van der Waals surface area (Å²) >= 11 is 0. The zero-order valence-corrected chi connectivity index (χ0v) is 7.02. The number of allylic oxidation sites excluding steroid dienone is 1. The maximum Gasteiger partial charge on any atom is 0.0758 e. The van der Waals surface area contributed by atoms with Crippen LogP contribution in [0.5, 0.6) is 0 Å². The molecule has 0 bridgehead atoms. The van der Waals surface area contributed by atoms with E-state index in [-0.39, 0.29) is 11.5 Å². The average molecular weight is 140 g/mol. The van der Waals surface area contributed by atoms with Gasteiger partial charge in [-0.05, 0) is 23.8 Å². The molecule has 0 radical (unpaired) electrons. The van der Waals surface area contributed by atoms with E-state index in [9.17, 15) is 5.11 Å². The van der Waals surface area contributed by atoms with Crippen LogP contribution in [0.15, 0.2) is 11.6 Å². The second-order valence-electron chi connectivity index (χ2n) is 4.00. The number of aliphatic hydroxyl groups excluding tert-OH is 1. The Hall–Kier alpha value is -0.300. The van der Waals surface area contributed by atoms with Gasteiger partial charge in [0.1, 0.15) is 0 Å². The Balaban J connectivity index is 2.72. The van der Waals surface area contributed by atoms with Gasteiger partial charge in [-0.25, -0.2) is 0 Å². The minimum absolute atomic E-state index is 0.163. The molecule has 1 unspecified atom stereocenters. The minimum Gasteiger partial charge on any atom is -0.389 e. The van der Waals surface area contributed by atoms with Crippen molar-refractivity contribution >= 4 is 0 Å². The third kappa shape index (κ3) is 1.40. The van der Waals surface area contributed by atoms with Gasteiger partial charge < -0.3 is 5.11 Å². The van der Waals surface area contributed by atoms with Gasteiger partial charge in [-0.1, -0.05) is 26.8 Å². The fraction of sp³-hybridized carbons (Fsp3) is 0.778. The Labute approximate surface area is 62.8 Å². The maximum atomic E-state index is 9.46. The molecule has 1 aliphatic rings. The van der Waals surface area contributed by atoms with Gasteiger partial charge in [0.2, 0.25) is 0 Å². The van der Waals surface area contributed by atoms with Crippen molar-refractivity contribution in [2.75, 3.05) is 0 Å². The van der Waals surface area contributed by atoms with Crippen LogP contribution in [0.4, 0.5) is 0 Å². The SMILES string of the molecule is CC(C)(C)C1=CCCC1O. The van der Waals surface area contributed by atoms with Gasteiger partial charge in [0.15, 0.2) is 0 Å². The number of hydrogen-bond donors (Lipinski definition) is 1. The van der Waals surface area contributed by atoms with E-state index in [4.69, 9.17) is 0 Å². The molecule has 0 aliphatic heterocycles. The molecule has 0 heterocycles. The summed E-state index contributed by atoms with van der Waals surface area (Å²) < 4.78 is 0. The van der Waals surface area contributed by atoms with Crippen LogP contribution in [-0.2, 0) is 0 Å². The first-order valence-electron chi connectivity index (χ1n) is 3.90. The highest BCUT2D eigenvalue weighted by molar-refractivity contribution is 5.20. The van der Waals surface area contributed by atoms with Crippen LogP contribution in [0.3, 0.4) is 0 Å². The van der Waals surface area contributed by atoms with E-state index in [0.29, 0.717) is 0 Å². The Morgan fingerprint density at radius 2 is 2.10 bits per heavy atom. The zero-order chi connectivity index (χ0) is 7.78. The van der Waals surface area contributed by atoms with Crippen LogP contribution in [-0.4, -0.2) is 11.2 Å². The topological polar surface area (TPSA) is 20.2 Å². The maximum absolute atomic E-state index is 9.46. The summed E-state index contributed by atoms with van der Waals surface area (Å²) in [7, 11) is 0. The first-order chi connectivity index (χ1) is 4.52. The minimum atomic E-state index is -0.167. The van der Waals surface area contributed by atoms with Crippen molar-refractivity contribution in [3.05, 3.63) is 11.6 Å². The molecule has 10 heavy (non-hydrogen) atoms. The summed E-state index contributed by atoms with van der Waals surface area (Å²) in [6, 6.07) is 0. The summed E-state index contributed by atoms with van der Waals surface area (Å²) in [6.45, 7) is 6.44. The second kappa shape index (κ2) is 2.39. The zero-order valence-electron chi connectivity index (χ0n) is 7.02. The molecule has 1 nitrogen and oxygen atoms in total. The molecule has 0 aromatic carbocycles. The normalized spacial score (nSPS) is 26.8. The third-order valence-corrected chi connectivity index (χ3v) is 2.03. The van der Waals surface area contributed by atoms with Gasteiger partial charge in [-0.2, -0.15) is 0 Å². The quantitative estimate of drug-likeness (QED) is 0.511. The van der Waals surface area contributed by atoms with Crippen molar-refractivity contribution in [3.63, 3.8) is 0 Å². The van der Waals surface area contributed by atoms with Gasteiger partial charge in [0, 0.05) is 0 Å². The van der Waals surface area contributed by atoms with Crippen LogP contribution in [0.25, 0.3) is 0 Å². The molecule has 0 aromatic rings. The predicted octanol–water partition coefficient (Wildman–Crippen LogP) is 2.11. The molecule has 1 aliphatic carbocycles. The molecule has 1 N–H and O–H groups in total. The Morgan fingerprint density at radius 3 is 2.30 bits per heavy atom. The van der Waals surface area contributed by atoms with Crippen molar-refractivity contribution in [2.45, 2.75) is 39.7 Å². The molecule has 0 amide bonds. The largest absolute Gasteiger partial charge is 0.389 e. The molecule has 1 atom stereocenters. The highest BCUT2D eigenvalue weighted by Gasteiger charge is 2.26. The molecular formula is C9H16O. The first kappa shape index (κ1) is 7.80. The molecule has 0 saturated carbocycles. The van der Waals surface area contributed by atoms with E-state index in [1.807, 2.05) is 0 Å². The summed E-state index contributed by atoms with van der Waals surface area (Å²) in [5.74, 6) is 0. The number of aliphatic hydroxyl groups is 1. The van der Waals surface area contributed by atoms with Crippen LogP contribution >= 0.6 is 0 Å². The van der Waals surface area contributed by atoms with Gasteiger partial charge in [-0.3, -0.25) is 0 Å². The molecule has 0 saturated heterocycles. The van der Waals surface area contributed by atoms with Crippen molar-refractivity contribution < 1.29 is 5.11 Å². The smallest absolute Gasteiger partial charge is 0.0758 e. The van der Waals surface area contributed by atoms with Crippen molar-refractivity contribution in [1.82, 2.24) is 0 Å². The molecule has 1 heteroatoms. The summed E-state index contributed by atoms with van der Waals surface area (Å²) in [5.41, 5.74) is 1.38. The highest BCUT2D eigenvalue weighted by Crippen LogP contribution is 2.33. The van der Waals surface area contributed by atoms with Gasteiger partial charge in [0.05, 0.1) is 6.10 Å². The molecule has 1 rings (SSSR count). The third-order valence-electron chi connectivity index (χ3n) is 2.03. The van der Waals surface area contributed by atoms with Gasteiger partial charge >= 0.3 is 0 Å². The van der Waals surface area contributed by atoms with Crippen LogP contribution < -0.4 is 0 Å². The van der Waals surface area contributed by atoms with Crippen LogP contribution in [0, 0.1) is 5.41 Å². The van der Waals surface area contributed by atoms with Crippen LogP contribution in [0.2, 0.25) is 0 Å². The van der Waals surface area contributed by atoms with E-state index in [0.717, 1.165) is 12.8 Å². The Bertz CT molecular complexity index is 151. The van der Waals surface area contributed by atoms with Crippen molar-refractivity contribution in [2.24, 2.45) is 5.41 Å². The number of rotatable bonds is 0. The van der Waals surface area contributed by atoms with Crippen molar-refractivity contribution in [1.29, 1.82) is 0 Å². The summed E-state index contributed by atoms with van der Waals surface area (Å²) in [6.07, 6.45) is 3.98. The lowest BCUT2D eigenvalue weighted by atomic mass is 9.85. The lowest BCUT2D eigenvalue weighted by Crippen LogP contribution is -2.18. The van der Waals surface area contributed by atoms with E-state index in [2.05, 4.69) is 26.8 Å². The molecular weight excluding hydrogens is 124 g/mol. The van der Waals surface area contributed by atoms with Crippen molar-refractivity contribution in [3.8, 4) is 0 Å². The molecule has 58 valence electrons. The monoisotopic (exact) mass is 140 g/mol. The van der Waals surface area contributed by atoms with Crippen LogP contribution in [0.1, 0.15) is 33.6 Å². The summed E-state index contributed by atoms with van der Waals surface area (Å²) in [4.78, 5) is 0. The lowest BCUT2D eigenvalue weighted by Gasteiger charge is -2.23. The highest BCUT2D eigenvalue weighted by atomic mass is 16.3. The van der Waals surface area contributed by atoms with E-state index < -0.39 is 0 Å².